The van der Waals surface area contributed by atoms with E-state index in [1.165, 1.54) is 7.11 Å². The van der Waals surface area contributed by atoms with Gasteiger partial charge in [0.2, 0.25) is 0 Å². The Balaban J connectivity index is 1.79. The molecule has 2 atom stereocenters. The van der Waals surface area contributed by atoms with E-state index in [9.17, 15) is 14.7 Å². The highest BCUT2D eigenvalue weighted by Gasteiger charge is 2.43. The van der Waals surface area contributed by atoms with Crippen LogP contribution in [0.1, 0.15) is 57.9 Å². The second kappa shape index (κ2) is 9.03. The van der Waals surface area contributed by atoms with Gasteiger partial charge in [-0.25, -0.2) is 4.79 Å². The summed E-state index contributed by atoms with van der Waals surface area (Å²) in [5, 5.41) is 13.6. The number of hydrogen-bond donors (Lipinski definition) is 2. The summed E-state index contributed by atoms with van der Waals surface area (Å²) in [4.78, 5) is 26.7. The minimum atomic E-state index is -0.686. The lowest BCUT2D eigenvalue weighted by atomic mass is 9.68. The van der Waals surface area contributed by atoms with Crippen molar-refractivity contribution in [3.63, 3.8) is 0 Å². The molecule has 8 heteroatoms. The lowest BCUT2D eigenvalue weighted by Gasteiger charge is -2.39. The number of ketones is 1. The molecular weight excluding hydrogens is 446 g/mol. The van der Waals surface area contributed by atoms with Crippen LogP contribution in [0.3, 0.4) is 0 Å². The molecule has 0 spiro atoms. The summed E-state index contributed by atoms with van der Waals surface area (Å²) in [5.74, 6) is -1.24. The maximum Gasteiger partial charge on any atom is 0.336 e. The van der Waals surface area contributed by atoms with E-state index in [-0.39, 0.29) is 40.4 Å². The van der Waals surface area contributed by atoms with Gasteiger partial charge in [-0.3, -0.25) is 4.79 Å². The maximum atomic E-state index is 13.4. The minimum Gasteiger partial charge on any atom is -0.503 e. The number of ether oxygens (including phenoxy) is 3. The Morgan fingerprint density at radius 1 is 1.33 bits per heavy atom. The van der Waals surface area contributed by atoms with Crippen LogP contribution in [-0.2, 0) is 19.1 Å². The van der Waals surface area contributed by atoms with Gasteiger partial charge < -0.3 is 24.6 Å². The summed E-state index contributed by atoms with van der Waals surface area (Å²) in [6, 6.07) is 3.20. The van der Waals surface area contributed by atoms with Gasteiger partial charge in [-0.1, -0.05) is 25.4 Å². The van der Waals surface area contributed by atoms with Crippen LogP contribution in [-0.4, -0.2) is 43.3 Å². The summed E-state index contributed by atoms with van der Waals surface area (Å²) in [6.45, 7) is 6.74. The molecule has 1 aromatic rings. The van der Waals surface area contributed by atoms with Crippen molar-refractivity contribution in [2.45, 2.75) is 58.5 Å². The monoisotopic (exact) mass is 475 g/mol. The SMILES string of the molecule is COc1cc(C2C(C(=O)OCC3CCCO3)=C(C)NC3=C2C(=O)CC(C)(C)C3)cc(Cl)c1O. The number of methoxy groups -OCH3 is 1. The van der Waals surface area contributed by atoms with Gasteiger partial charge in [0.05, 0.1) is 23.8 Å². The number of dihydropyridines is 1. The van der Waals surface area contributed by atoms with E-state index in [1.807, 2.05) is 6.92 Å². The number of aromatic hydroxyl groups is 1. The van der Waals surface area contributed by atoms with Crippen molar-refractivity contribution in [3.8, 4) is 11.5 Å². The van der Waals surface area contributed by atoms with E-state index in [0.717, 1.165) is 18.5 Å². The standard InChI is InChI=1S/C25H30ClNO6/c1-13-20(24(30)33-12-15-6-5-7-32-15)21(14-8-16(26)23(29)19(9-14)31-4)22-17(27-13)10-25(2,3)11-18(22)28/h8-9,15,21,27,29H,5-7,10-12H2,1-4H3. The molecule has 3 aliphatic rings. The molecule has 0 amide bonds. The Morgan fingerprint density at radius 2 is 2.09 bits per heavy atom. The van der Waals surface area contributed by atoms with Crippen molar-refractivity contribution in [1.82, 2.24) is 5.32 Å². The molecule has 2 unspecified atom stereocenters. The number of carbonyl (C=O) groups is 2. The molecule has 4 rings (SSSR count). The van der Waals surface area contributed by atoms with Crippen LogP contribution in [0.4, 0.5) is 0 Å². The molecule has 0 aromatic heterocycles. The first-order valence-electron chi connectivity index (χ1n) is 11.2. The number of rotatable bonds is 5. The van der Waals surface area contributed by atoms with Gasteiger partial charge >= 0.3 is 5.97 Å². The van der Waals surface area contributed by atoms with Gasteiger partial charge in [0.25, 0.3) is 0 Å². The van der Waals surface area contributed by atoms with Gasteiger partial charge in [0.15, 0.2) is 17.3 Å². The Morgan fingerprint density at radius 3 is 2.76 bits per heavy atom. The maximum absolute atomic E-state index is 13.4. The van der Waals surface area contributed by atoms with Gasteiger partial charge in [0.1, 0.15) is 6.61 Å². The zero-order valence-corrected chi connectivity index (χ0v) is 20.2. The summed E-state index contributed by atoms with van der Waals surface area (Å²) in [5.41, 5.74) is 2.70. The van der Waals surface area contributed by atoms with Crippen LogP contribution in [0.5, 0.6) is 11.5 Å². The molecule has 0 radical (unpaired) electrons. The fourth-order valence-electron chi connectivity index (χ4n) is 4.98. The highest BCUT2D eigenvalue weighted by molar-refractivity contribution is 6.32. The first kappa shape index (κ1) is 23.6. The third-order valence-electron chi connectivity index (χ3n) is 6.49. The number of halogens is 1. The van der Waals surface area contributed by atoms with Crippen LogP contribution in [0, 0.1) is 5.41 Å². The summed E-state index contributed by atoms with van der Waals surface area (Å²) in [6.07, 6.45) is 2.72. The van der Waals surface area contributed by atoms with Gasteiger partial charge in [-0.05, 0) is 49.3 Å². The predicted molar refractivity (Wildman–Crippen MR) is 123 cm³/mol. The molecule has 2 heterocycles. The van der Waals surface area contributed by atoms with Crippen molar-refractivity contribution in [2.75, 3.05) is 20.3 Å². The Bertz CT molecular complexity index is 1050. The predicted octanol–water partition coefficient (Wildman–Crippen LogP) is 4.38. The van der Waals surface area contributed by atoms with E-state index < -0.39 is 11.9 Å². The summed E-state index contributed by atoms with van der Waals surface area (Å²) >= 11 is 6.29. The molecule has 178 valence electrons. The topological polar surface area (TPSA) is 94.1 Å². The molecule has 0 saturated carbocycles. The average molecular weight is 476 g/mol. The summed E-state index contributed by atoms with van der Waals surface area (Å²) in [7, 11) is 1.43. The van der Waals surface area contributed by atoms with Crippen molar-refractivity contribution < 1.29 is 28.9 Å². The quantitative estimate of drug-likeness (QED) is 0.610. The van der Waals surface area contributed by atoms with Crippen LogP contribution < -0.4 is 10.1 Å². The van der Waals surface area contributed by atoms with Gasteiger partial charge in [-0.2, -0.15) is 0 Å². The van der Waals surface area contributed by atoms with E-state index >= 15 is 0 Å². The largest absolute Gasteiger partial charge is 0.503 e. The van der Waals surface area contributed by atoms with Crippen LogP contribution in [0.25, 0.3) is 0 Å². The molecular formula is C25H30ClNO6. The lowest BCUT2D eigenvalue weighted by molar-refractivity contribution is -0.142. The molecule has 33 heavy (non-hydrogen) atoms. The molecule has 7 nitrogen and oxygen atoms in total. The number of hydrogen-bond acceptors (Lipinski definition) is 7. The van der Waals surface area contributed by atoms with Crippen molar-refractivity contribution in [3.05, 3.63) is 45.3 Å². The molecule has 1 aliphatic carbocycles. The van der Waals surface area contributed by atoms with Gasteiger partial charge in [-0.15, -0.1) is 0 Å². The first-order chi connectivity index (χ1) is 15.6. The van der Waals surface area contributed by atoms with Crippen molar-refractivity contribution >= 4 is 23.4 Å². The highest BCUT2D eigenvalue weighted by Crippen LogP contribution is 2.49. The molecule has 1 aromatic carbocycles. The zero-order valence-electron chi connectivity index (χ0n) is 19.4. The van der Waals surface area contributed by atoms with E-state index in [4.69, 9.17) is 25.8 Å². The van der Waals surface area contributed by atoms with Crippen LogP contribution >= 0.6 is 11.6 Å². The molecule has 2 aliphatic heterocycles. The van der Waals surface area contributed by atoms with Crippen LogP contribution in [0.2, 0.25) is 5.02 Å². The molecule has 0 bridgehead atoms. The number of esters is 1. The summed E-state index contributed by atoms with van der Waals surface area (Å²) < 4.78 is 16.5. The van der Waals surface area contributed by atoms with Crippen molar-refractivity contribution in [2.24, 2.45) is 5.41 Å². The molecule has 1 saturated heterocycles. The number of allylic oxidation sites excluding steroid dienone is 3. The Hall–Kier alpha value is -2.51. The van der Waals surface area contributed by atoms with Gasteiger partial charge in [0, 0.05) is 35.9 Å². The van der Waals surface area contributed by atoms with E-state index in [1.54, 1.807) is 12.1 Å². The highest BCUT2D eigenvalue weighted by atomic mass is 35.5. The lowest BCUT2D eigenvalue weighted by Crippen LogP contribution is -2.39. The van der Waals surface area contributed by atoms with Crippen LogP contribution in [0.15, 0.2) is 34.7 Å². The van der Waals surface area contributed by atoms with Crippen molar-refractivity contribution in [1.29, 1.82) is 0 Å². The number of benzene rings is 1. The number of Topliss-reactive ketones (excluding diaryl/α,β-unsaturated/α-hetero) is 1. The Labute approximate surface area is 198 Å². The first-order valence-corrected chi connectivity index (χ1v) is 11.6. The van der Waals surface area contributed by atoms with E-state index in [2.05, 4.69) is 19.2 Å². The third kappa shape index (κ3) is 4.62. The molecule has 2 N–H and O–H groups in total. The number of phenolic OH excluding ortho intramolecular Hbond substituents is 1. The number of nitrogens with one attached hydrogen (secondary N) is 1. The molecule has 1 fully saturated rings. The smallest absolute Gasteiger partial charge is 0.336 e. The Kier molecular flexibility index (Phi) is 6.47. The third-order valence-corrected chi connectivity index (χ3v) is 6.78. The fraction of sp³-hybridized carbons (Fsp3) is 0.520. The fourth-order valence-corrected chi connectivity index (χ4v) is 5.20. The second-order valence-corrected chi connectivity index (χ2v) is 10.1. The average Bonchev–Trinajstić information content (AvgIpc) is 3.25. The number of phenols is 1. The minimum absolute atomic E-state index is 0.0289. The number of carbonyl (C=O) groups excluding carboxylic acids is 2. The second-order valence-electron chi connectivity index (χ2n) is 9.72. The normalized spacial score (nSPS) is 24.5. The van der Waals surface area contributed by atoms with E-state index in [0.29, 0.717) is 41.9 Å². The zero-order chi connectivity index (χ0) is 23.9.